The summed E-state index contributed by atoms with van der Waals surface area (Å²) < 4.78 is 5.78. The number of rotatable bonds is 12. The van der Waals surface area contributed by atoms with Gasteiger partial charge in [0.15, 0.2) is 0 Å². The van der Waals surface area contributed by atoms with Gasteiger partial charge < -0.3 is 10.1 Å². The largest absolute Gasteiger partial charge is 0.494 e. The molecular formula is C18H31NO. The first-order chi connectivity index (χ1) is 9.86. The van der Waals surface area contributed by atoms with Crippen molar-refractivity contribution >= 4 is 0 Å². The first-order valence-corrected chi connectivity index (χ1v) is 8.29. The van der Waals surface area contributed by atoms with Gasteiger partial charge in [0.2, 0.25) is 0 Å². The molecule has 0 radical (unpaired) electrons. The lowest BCUT2D eigenvalue weighted by atomic mass is 10.2. The van der Waals surface area contributed by atoms with Gasteiger partial charge in [0.1, 0.15) is 5.75 Å². The number of hydrogen-bond donors (Lipinski definition) is 1. The summed E-state index contributed by atoms with van der Waals surface area (Å²) in [6, 6.07) is 8.46. The van der Waals surface area contributed by atoms with Gasteiger partial charge in [0, 0.05) is 6.54 Å². The Balaban J connectivity index is 2.18. The second kappa shape index (κ2) is 11.8. The molecule has 0 unspecified atom stereocenters. The van der Waals surface area contributed by atoms with Crippen LogP contribution in [0.25, 0.3) is 0 Å². The second-order valence-corrected chi connectivity index (χ2v) is 5.44. The Kier molecular flexibility index (Phi) is 10.0. The lowest BCUT2D eigenvalue weighted by Gasteiger charge is -2.09. The smallest absolute Gasteiger partial charge is 0.119 e. The number of hydrogen-bond acceptors (Lipinski definition) is 2. The molecule has 114 valence electrons. The van der Waals surface area contributed by atoms with Gasteiger partial charge >= 0.3 is 0 Å². The van der Waals surface area contributed by atoms with Crippen molar-refractivity contribution in [3.05, 3.63) is 29.8 Å². The molecule has 0 atom stereocenters. The Bertz CT molecular complexity index is 338. The van der Waals surface area contributed by atoms with E-state index in [-0.39, 0.29) is 0 Å². The van der Waals surface area contributed by atoms with E-state index in [4.69, 9.17) is 4.74 Å². The number of nitrogens with one attached hydrogen (secondary N) is 1. The quantitative estimate of drug-likeness (QED) is 0.547. The molecule has 0 aromatic heterocycles. The maximum absolute atomic E-state index is 5.78. The third-order valence-electron chi connectivity index (χ3n) is 3.45. The molecule has 2 nitrogen and oxygen atoms in total. The molecule has 2 heteroatoms. The Hall–Kier alpha value is -1.02. The standard InChI is InChI=1S/C18H31NO/c1-3-5-7-8-13-19-16-17-11-10-12-18(15-17)20-14-9-6-4-2/h10-12,15,19H,3-9,13-14,16H2,1-2H3. The maximum atomic E-state index is 5.78. The number of ether oxygens (including phenoxy) is 1. The van der Waals surface area contributed by atoms with E-state index in [2.05, 4.69) is 43.4 Å². The summed E-state index contributed by atoms with van der Waals surface area (Å²) in [5.74, 6) is 1.01. The molecule has 0 aliphatic rings. The topological polar surface area (TPSA) is 21.3 Å². The zero-order valence-corrected chi connectivity index (χ0v) is 13.3. The van der Waals surface area contributed by atoms with Crippen LogP contribution in [0.1, 0.15) is 64.4 Å². The van der Waals surface area contributed by atoms with E-state index < -0.39 is 0 Å². The van der Waals surface area contributed by atoms with Crippen LogP contribution in [-0.2, 0) is 6.54 Å². The first-order valence-electron chi connectivity index (χ1n) is 8.29. The van der Waals surface area contributed by atoms with E-state index >= 15 is 0 Å². The van der Waals surface area contributed by atoms with Gasteiger partial charge in [-0.2, -0.15) is 0 Å². The van der Waals surface area contributed by atoms with Crippen LogP contribution in [0.4, 0.5) is 0 Å². The molecule has 0 saturated carbocycles. The van der Waals surface area contributed by atoms with E-state index in [1.54, 1.807) is 0 Å². The number of unbranched alkanes of at least 4 members (excludes halogenated alkanes) is 5. The van der Waals surface area contributed by atoms with Crippen molar-refractivity contribution in [3.8, 4) is 5.75 Å². The molecular weight excluding hydrogens is 246 g/mol. The molecule has 0 saturated heterocycles. The molecule has 1 rings (SSSR count). The summed E-state index contributed by atoms with van der Waals surface area (Å²) in [5, 5.41) is 3.51. The summed E-state index contributed by atoms with van der Waals surface area (Å²) >= 11 is 0. The van der Waals surface area contributed by atoms with Gasteiger partial charge in [0.25, 0.3) is 0 Å². The van der Waals surface area contributed by atoms with E-state index in [1.165, 1.54) is 44.1 Å². The summed E-state index contributed by atoms with van der Waals surface area (Å²) in [6.07, 6.45) is 8.91. The fourth-order valence-electron chi connectivity index (χ4n) is 2.20. The minimum absolute atomic E-state index is 0.835. The SMILES string of the molecule is CCCCCCNCc1cccc(OCCCCC)c1. The minimum Gasteiger partial charge on any atom is -0.494 e. The van der Waals surface area contributed by atoms with Gasteiger partial charge in [-0.1, -0.05) is 58.1 Å². The normalized spacial score (nSPS) is 10.7. The Labute approximate surface area is 124 Å². The molecule has 1 aromatic carbocycles. The van der Waals surface area contributed by atoms with Crippen molar-refractivity contribution in [2.45, 2.75) is 65.3 Å². The lowest BCUT2D eigenvalue weighted by molar-refractivity contribution is 0.306. The van der Waals surface area contributed by atoms with E-state index in [0.29, 0.717) is 0 Å². The van der Waals surface area contributed by atoms with Crippen molar-refractivity contribution < 1.29 is 4.74 Å². The average Bonchev–Trinajstić information content (AvgIpc) is 2.48. The van der Waals surface area contributed by atoms with Crippen LogP contribution in [-0.4, -0.2) is 13.2 Å². The third-order valence-corrected chi connectivity index (χ3v) is 3.45. The fraction of sp³-hybridized carbons (Fsp3) is 0.667. The zero-order valence-electron chi connectivity index (χ0n) is 13.3. The van der Waals surface area contributed by atoms with Crippen LogP contribution in [0.2, 0.25) is 0 Å². The molecule has 0 spiro atoms. The predicted molar refractivity (Wildman–Crippen MR) is 87.3 cm³/mol. The van der Waals surface area contributed by atoms with Gasteiger partial charge in [-0.15, -0.1) is 0 Å². The highest BCUT2D eigenvalue weighted by Gasteiger charge is 1.97. The van der Waals surface area contributed by atoms with Crippen LogP contribution in [0.15, 0.2) is 24.3 Å². The average molecular weight is 277 g/mol. The molecule has 1 aromatic rings. The summed E-state index contributed by atoms with van der Waals surface area (Å²) in [5.41, 5.74) is 1.31. The summed E-state index contributed by atoms with van der Waals surface area (Å²) in [4.78, 5) is 0. The van der Waals surface area contributed by atoms with Gasteiger partial charge in [-0.25, -0.2) is 0 Å². The minimum atomic E-state index is 0.835. The van der Waals surface area contributed by atoms with Crippen molar-refractivity contribution in [1.29, 1.82) is 0 Å². The first kappa shape index (κ1) is 17.0. The highest BCUT2D eigenvalue weighted by atomic mass is 16.5. The Morgan fingerprint density at radius 1 is 0.950 bits per heavy atom. The van der Waals surface area contributed by atoms with Crippen LogP contribution in [0.5, 0.6) is 5.75 Å². The monoisotopic (exact) mass is 277 g/mol. The highest BCUT2D eigenvalue weighted by Crippen LogP contribution is 2.14. The summed E-state index contributed by atoms with van der Waals surface area (Å²) in [6.45, 7) is 7.36. The van der Waals surface area contributed by atoms with Crippen LogP contribution in [0.3, 0.4) is 0 Å². The van der Waals surface area contributed by atoms with Gasteiger partial charge in [-0.3, -0.25) is 0 Å². The summed E-state index contributed by atoms with van der Waals surface area (Å²) in [7, 11) is 0. The second-order valence-electron chi connectivity index (χ2n) is 5.44. The molecule has 0 amide bonds. The molecule has 0 aliphatic heterocycles. The predicted octanol–water partition coefficient (Wildman–Crippen LogP) is 4.93. The highest BCUT2D eigenvalue weighted by molar-refractivity contribution is 5.28. The van der Waals surface area contributed by atoms with Crippen molar-refractivity contribution in [1.82, 2.24) is 5.32 Å². The zero-order chi connectivity index (χ0) is 14.5. The molecule has 1 N–H and O–H groups in total. The van der Waals surface area contributed by atoms with Gasteiger partial charge in [-0.05, 0) is 37.1 Å². The third kappa shape index (κ3) is 8.21. The molecule has 20 heavy (non-hydrogen) atoms. The van der Waals surface area contributed by atoms with Crippen molar-refractivity contribution in [3.63, 3.8) is 0 Å². The van der Waals surface area contributed by atoms with E-state index in [9.17, 15) is 0 Å². The Morgan fingerprint density at radius 3 is 2.55 bits per heavy atom. The molecule has 0 bridgehead atoms. The molecule has 0 heterocycles. The lowest BCUT2D eigenvalue weighted by Crippen LogP contribution is -2.14. The molecule has 0 aliphatic carbocycles. The van der Waals surface area contributed by atoms with E-state index in [0.717, 1.165) is 31.9 Å². The van der Waals surface area contributed by atoms with E-state index in [1.807, 2.05) is 0 Å². The van der Waals surface area contributed by atoms with Crippen molar-refractivity contribution in [2.75, 3.05) is 13.2 Å². The fourth-order valence-corrected chi connectivity index (χ4v) is 2.20. The van der Waals surface area contributed by atoms with Crippen LogP contribution in [0, 0.1) is 0 Å². The van der Waals surface area contributed by atoms with Crippen LogP contribution >= 0.6 is 0 Å². The maximum Gasteiger partial charge on any atom is 0.119 e. The molecule has 0 fully saturated rings. The van der Waals surface area contributed by atoms with Crippen LogP contribution < -0.4 is 10.1 Å². The van der Waals surface area contributed by atoms with Crippen molar-refractivity contribution in [2.24, 2.45) is 0 Å². The number of benzene rings is 1. The van der Waals surface area contributed by atoms with Gasteiger partial charge in [0.05, 0.1) is 6.61 Å². The Morgan fingerprint density at radius 2 is 1.75 bits per heavy atom.